The van der Waals surface area contributed by atoms with Crippen molar-refractivity contribution in [3.63, 3.8) is 0 Å². The standard InChI is InChI=1S/C14H18ClFN2O3S/c1-2-22(20,21)18-8-4-7-17(9-10-18)14(19)13-11(15)5-3-6-12(13)16/h3,5-6H,2,4,7-10H2,1H3. The van der Waals surface area contributed by atoms with Gasteiger partial charge in [0.15, 0.2) is 0 Å². The average molecular weight is 349 g/mol. The Labute approximate surface area is 134 Å². The highest BCUT2D eigenvalue weighted by Crippen LogP contribution is 2.21. The second-order valence-electron chi connectivity index (χ2n) is 5.04. The van der Waals surface area contributed by atoms with Crippen LogP contribution in [0, 0.1) is 5.82 Å². The fourth-order valence-electron chi connectivity index (χ4n) is 2.42. The predicted octanol–water partition coefficient (Wildman–Crippen LogP) is 1.98. The van der Waals surface area contributed by atoms with Crippen molar-refractivity contribution >= 4 is 27.5 Å². The predicted molar refractivity (Wildman–Crippen MR) is 83.0 cm³/mol. The molecule has 0 aromatic heterocycles. The summed E-state index contributed by atoms with van der Waals surface area (Å²) >= 11 is 5.91. The third-order valence-electron chi connectivity index (χ3n) is 3.68. The number of carbonyl (C=O) groups excluding carboxylic acids is 1. The van der Waals surface area contributed by atoms with Gasteiger partial charge >= 0.3 is 0 Å². The van der Waals surface area contributed by atoms with Crippen LogP contribution in [0.3, 0.4) is 0 Å². The lowest BCUT2D eigenvalue weighted by Gasteiger charge is -2.22. The number of amides is 1. The summed E-state index contributed by atoms with van der Waals surface area (Å²) in [4.78, 5) is 13.9. The molecule has 1 aliphatic rings. The lowest BCUT2D eigenvalue weighted by atomic mass is 10.1. The van der Waals surface area contributed by atoms with Gasteiger partial charge in [-0.05, 0) is 25.5 Å². The van der Waals surface area contributed by atoms with Gasteiger partial charge in [0.2, 0.25) is 10.0 Å². The Morgan fingerprint density at radius 1 is 1.27 bits per heavy atom. The van der Waals surface area contributed by atoms with Gasteiger partial charge in [-0.15, -0.1) is 0 Å². The van der Waals surface area contributed by atoms with Crippen molar-refractivity contribution in [1.29, 1.82) is 0 Å². The van der Waals surface area contributed by atoms with E-state index in [1.165, 1.54) is 27.4 Å². The van der Waals surface area contributed by atoms with Gasteiger partial charge in [0.25, 0.3) is 5.91 Å². The van der Waals surface area contributed by atoms with Gasteiger partial charge in [-0.25, -0.2) is 17.1 Å². The van der Waals surface area contributed by atoms with Gasteiger partial charge in [0, 0.05) is 26.2 Å². The van der Waals surface area contributed by atoms with E-state index < -0.39 is 21.7 Å². The number of carbonyl (C=O) groups is 1. The topological polar surface area (TPSA) is 57.7 Å². The number of halogens is 2. The fourth-order valence-corrected chi connectivity index (χ4v) is 3.79. The smallest absolute Gasteiger partial charge is 0.258 e. The highest BCUT2D eigenvalue weighted by atomic mass is 35.5. The highest BCUT2D eigenvalue weighted by molar-refractivity contribution is 7.89. The van der Waals surface area contributed by atoms with E-state index in [2.05, 4.69) is 0 Å². The monoisotopic (exact) mass is 348 g/mol. The molecule has 122 valence electrons. The Balaban J connectivity index is 2.16. The first-order valence-electron chi connectivity index (χ1n) is 7.08. The molecular formula is C14H18ClFN2O3S. The first-order valence-corrected chi connectivity index (χ1v) is 9.06. The van der Waals surface area contributed by atoms with E-state index in [4.69, 9.17) is 11.6 Å². The van der Waals surface area contributed by atoms with Crippen molar-refractivity contribution in [1.82, 2.24) is 9.21 Å². The lowest BCUT2D eigenvalue weighted by molar-refractivity contribution is 0.0759. The second-order valence-corrected chi connectivity index (χ2v) is 7.71. The van der Waals surface area contributed by atoms with Crippen LogP contribution < -0.4 is 0 Å². The zero-order valence-electron chi connectivity index (χ0n) is 12.3. The number of rotatable bonds is 3. The lowest BCUT2D eigenvalue weighted by Crippen LogP contribution is -2.38. The summed E-state index contributed by atoms with van der Waals surface area (Å²) in [6.07, 6.45) is 0.511. The van der Waals surface area contributed by atoms with E-state index in [1.807, 2.05) is 0 Å². The molecule has 1 heterocycles. The molecule has 1 amide bonds. The third kappa shape index (κ3) is 3.59. The van der Waals surface area contributed by atoms with Gasteiger partial charge in [0.1, 0.15) is 5.82 Å². The molecule has 1 aromatic carbocycles. The summed E-state index contributed by atoms with van der Waals surface area (Å²) in [7, 11) is -3.28. The minimum atomic E-state index is -3.28. The Morgan fingerprint density at radius 3 is 2.64 bits per heavy atom. The van der Waals surface area contributed by atoms with Crippen LogP contribution in [0.2, 0.25) is 5.02 Å². The summed E-state index contributed by atoms with van der Waals surface area (Å²) in [6, 6.07) is 4.08. The van der Waals surface area contributed by atoms with Crippen molar-refractivity contribution in [2.24, 2.45) is 0 Å². The zero-order chi connectivity index (χ0) is 16.3. The summed E-state index contributed by atoms with van der Waals surface area (Å²) in [5, 5.41) is 0.0623. The van der Waals surface area contributed by atoms with Crippen LogP contribution in [0.5, 0.6) is 0 Å². The Hall–Kier alpha value is -1.18. The van der Waals surface area contributed by atoms with Crippen LogP contribution in [-0.4, -0.2) is 55.5 Å². The van der Waals surface area contributed by atoms with Crippen LogP contribution >= 0.6 is 11.6 Å². The van der Waals surface area contributed by atoms with Crippen molar-refractivity contribution in [2.75, 3.05) is 31.9 Å². The van der Waals surface area contributed by atoms with Crippen LogP contribution in [0.25, 0.3) is 0 Å². The molecular weight excluding hydrogens is 331 g/mol. The van der Waals surface area contributed by atoms with E-state index >= 15 is 0 Å². The molecule has 0 unspecified atom stereocenters. The molecule has 0 N–H and O–H groups in total. The van der Waals surface area contributed by atoms with Gasteiger partial charge < -0.3 is 4.90 Å². The molecule has 1 saturated heterocycles. The Kier molecular flexibility index (Phi) is 5.41. The van der Waals surface area contributed by atoms with E-state index in [9.17, 15) is 17.6 Å². The van der Waals surface area contributed by atoms with E-state index in [0.717, 1.165) is 0 Å². The molecule has 0 atom stereocenters. The maximum absolute atomic E-state index is 13.8. The maximum atomic E-state index is 13.8. The quantitative estimate of drug-likeness (QED) is 0.839. The third-order valence-corrected chi connectivity index (χ3v) is 5.87. The Bertz CT molecular complexity index is 646. The first kappa shape index (κ1) is 17.2. The highest BCUT2D eigenvalue weighted by Gasteiger charge is 2.27. The first-order chi connectivity index (χ1) is 10.4. The summed E-state index contributed by atoms with van der Waals surface area (Å²) < 4.78 is 39.0. The molecule has 0 saturated carbocycles. The molecule has 22 heavy (non-hydrogen) atoms. The largest absolute Gasteiger partial charge is 0.337 e. The molecule has 1 aromatic rings. The zero-order valence-corrected chi connectivity index (χ0v) is 13.8. The number of benzene rings is 1. The molecule has 0 radical (unpaired) electrons. The molecule has 5 nitrogen and oxygen atoms in total. The number of nitrogens with zero attached hydrogens (tertiary/aromatic N) is 2. The molecule has 0 bridgehead atoms. The number of hydrogen-bond donors (Lipinski definition) is 0. The van der Waals surface area contributed by atoms with Gasteiger partial charge in [-0.1, -0.05) is 17.7 Å². The van der Waals surface area contributed by atoms with E-state index in [-0.39, 0.29) is 29.4 Å². The molecule has 8 heteroatoms. The molecule has 2 rings (SSSR count). The van der Waals surface area contributed by atoms with Crippen LogP contribution in [0.4, 0.5) is 4.39 Å². The normalized spacial score (nSPS) is 17.3. The van der Waals surface area contributed by atoms with Gasteiger partial charge in [-0.3, -0.25) is 4.79 Å². The number of sulfonamides is 1. The van der Waals surface area contributed by atoms with Crippen molar-refractivity contribution in [3.8, 4) is 0 Å². The van der Waals surface area contributed by atoms with E-state index in [0.29, 0.717) is 19.5 Å². The maximum Gasteiger partial charge on any atom is 0.258 e. The summed E-state index contributed by atoms with van der Waals surface area (Å²) in [5.41, 5.74) is -0.157. The fraction of sp³-hybridized carbons (Fsp3) is 0.500. The molecule has 0 aliphatic carbocycles. The molecule has 0 spiro atoms. The SMILES string of the molecule is CCS(=O)(=O)N1CCCN(C(=O)c2c(F)cccc2Cl)CC1. The Morgan fingerprint density at radius 2 is 2.00 bits per heavy atom. The van der Waals surface area contributed by atoms with Crippen LogP contribution in [0.1, 0.15) is 23.7 Å². The molecule has 1 aliphatic heterocycles. The second kappa shape index (κ2) is 6.93. The number of hydrogen-bond acceptors (Lipinski definition) is 3. The summed E-state index contributed by atoms with van der Waals surface area (Å²) in [5.74, 6) is -1.14. The van der Waals surface area contributed by atoms with Crippen molar-refractivity contribution in [3.05, 3.63) is 34.6 Å². The van der Waals surface area contributed by atoms with Crippen LogP contribution in [0.15, 0.2) is 18.2 Å². The minimum Gasteiger partial charge on any atom is -0.337 e. The van der Waals surface area contributed by atoms with Crippen molar-refractivity contribution < 1.29 is 17.6 Å². The minimum absolute atomic E-state index is 0.0279. The van der Waals surface area contributed by atoms with Gasteiger partial charge in [-0.2, -0.15) is 0 Å². The molecule has 1 fully saturated rings. The van der Waals surface area contributed by atoms with Crippen molar-refractivity contribution in [2.45, 2.75) is 13.3 Å². The van der Waals surface area contributed by atoms with E-state index in [1.54, 1.807) is 6.92 Å². The average Bonchev–Trinajstić information content (AvgIpc) is 2.73. The van der Waals surface area contributed by atoms with Crippen LogP contribution in [-0.2, 0) is 10.0 Å². The van der Waals surface area contributed by atoms with Gasteiger partial charge in [0.05, 0.1) is 16.3 Å². The summed E-state index contributed by atoms with van der Waals surface area (Å²) in [6.45, 7) is 2.77.